The lowest BCUT2D eigenvalue weighted by molar-refractivity contribution is -0.0236. The number of aryl methyl sites for hydroxylation is 1. The highest BCUT2D eigenvalue weighted by atomic mass is 32.2. The zero-order chi connectivity index (χ0) is 16.2. The van der Waals surface area contributed by atoms with Gasteiger partial charge in [-0.3, -0.25) is 4.21 Å². The molecule has 0 saturated heterocycles. The van der Waals surface area contributed by atoms with E-state index in [-0.39, 0.29) is 24.4 Å². The number of rotatable bonds is 6. The maximum Gasteiger partial charge on any atom is 0.238 e. The van der Waals surface area contributed by atoms with Gasteiger partial charge < -0.3 is 9.84 Å². The Morgan fingerprint density at radius 1 is 1.48 bits per heavy atom. The Balaban J connectivity index is 1.55. The molecule has 6 nitrogen and oxygen atoms in total. The Morgan fingerprint density at radius 2 is 2.30 bits per heavy atom. The van der Waals surface area contributed by atoms with Gasteiger partial charge in [-0.05, 0) is 30.4 Å². The summed E-state index contributed by atoms with van der Waals surface area (Å²) in [6.45, 7) is 0.516. The molecule has 1 aliphatic carbocycles. The van der Waals surface area contributed by atoms with Gasteiger partial charge in [-0.25, -0.2) is 9.67 Å². The molecule has 3 atom stereocenters. The molecule has 1 heterocycles. The van der Waals surface area contributed by atoms with Gasteiger partial charge in [0.15, 0.2) is 0 Å². The second-order valence-corrected chi connectivity index (χ2v) is 7.04. The summed E-state index contributed by atoms with van der Waals surface area (Å²) >= 11 is 0. The van der Waals surface area contributed by atoms with Gasteiger partial charge >= 0.3 is 0 Å². The van der Waals surface area contributed by atoms with Gasteiger partial charge in [0, 0.05) is 6.26 Å². The monoisotopic (exact) mass is 335 g/mol. The van der Waals surface area contributed by atoms with E-state index in [2.05, 4.69) is 28.3 Å². The molecule has 0 spiro atoms. The van der Waals surface area contributed by atoms with Crippen molar-refractivity contribution in [1.29, 1.82) is 0 Å². The number of aromatic nitrogens is 3. The van der Waals surface area contributed by atoms with Crippen molar-refractivity contribution in [3.05, 3.63) is 41.7 Å². The highest BCUT2D eigenvalue weighted by Gasteiger charge is 2.21. The van der Waals surface area contributed by atoms with E-state index in [9.17, 15) is 9.32 Å². The third-order valence-corrected chi connectivity index (χ3v) is 4.68. The topological polar surface area (TPSA) is 77.2 Å². The zero-order valence-corrected chi connectivity index (χ0v) is 13.9. The molecule has 0 saturated carbocycles. The first-order chi connectivity index (χ1) is 11.1. The standard InChI is InChI=1S/C16H21N3O3S/c1-23(21)16-17-11-19(18-16)9-13(20)10-22-15-8-4-6-12-5-2-3-7-14(12)15/h2-3,5,7,11,13,15,20H,4,6,8-10H2,1H3/t13-,15-,23-/m0/s1. The predicted octanol–water partition coefficient (Wildman–Crippen LogP) is 1.47. The van der Waals surface area contributed by atoms with E-state index in [0.717, 1.165) is 19.3 Å². The SMILES string of the molecule is C[S@](=O)c1ncn(C[C@H](O)CO[C@H]2CCCc3ccccc32)n1. The number of benzene rings is 1. The van der Waals surface area contributed by atoms with E-state index in [0.29, 0.717) is 0 Å². The number of aliphatic hydroxyl groups excluding tert-OH is 1. The summed E-state index contributed by atoms with van der Waals surface area (Å²) in [6, 6.07) is 8.32. The third kappa shape index (κ3) is 4.04. The fourth-order valence-corrected chi connectivity index (χ4v) is 3.29. The van der Waals surface area contributed by atoms with Gasteiger partial charge in [-0.15, -0.1) is 5.10 Å². The van der Waals surface area contributed by atoms with Crippen molar-refractivity contribution in [3.63, 3.8) is 0 Å². The second kappa shape index (κ2) is 7.33. The quantitative estimate of drug-likeness (QED) is 0.865. The summed E-state index contributed by atoms with van der Waals surface area (Å²) in [5.41, 5.74) is 2.57. The first-order valence-electron chi connectivity index (χ1n) is 7.74. The van der Waals surface area contributed by atoms with Crippen molar-refractivity contribution in [2.45, 2.75) is 43.2 Å². The van der Waals surface area contributed by atoms with Crippen molar-refractivity contribution in [1.82, 2.24) is 14.8 Å². The van der Waals surface area contributed by atoms with Crippen molar-refractivity contribution < 1.29 is 14.1 Å². The number of ether oxygens (including phenoxy) is 1. The van der Waals surface area contributed by atoms with Gasteiger partial charge in [0.2, 0.25) is 5.16 Å². The molecule has 2 aromatic rings. The average Bonchev–Trinajstić information content (AvgIpc) is 3.01. The molecular weight excluding hydrogens is 314 g/mol. The van der Waals surface area contributed by atoms with Crippen LogP contribution in [0.25, 0.3) is 0 Å². The summed E-state index contributed by atoms with van der Waals surface area (Å²) in [7, 11) is -1.21. The van der Waals surface area contributed by atoms with Crippen LogP contribution in [0.1, 0.15) is 30.1 Å². The Morgan fingerprint density at radius 3 is 3.09 bits per heavy atom. The van der Waals surface area contributed by atoms with Crippen LogP contribution in [0.4, 0.5) is 0 Å². The molecule has 124 valence electrons. The molecule has 7 heteroatoms. The van der Waals surface area contributed by atoms with E-state index in [4.69, 9.17) is 4.74 Å². The molecule has 0 bridgehead atoms. The molecule has 1 aromatic carbocycles. The zero-order valence-electron chi connectivity index (χ0n) is 13.1. The largest absolute Gasteiger partial charge is 0.389 e. The van der Waals surface area contributed by atoms with E-state index in [1.54, 1.807) is 0 Å². The summed E-state index contributed by atoms with van der Waals surface area (Å²) in [5.74, 6) is 0. The highest BCUT2D eigenvalue weighted by Crippen LogP contribution is 2.32. The van der Waals surface area contributed by atoms with Crippen LogP contribution in [-0.4, -0.2) is 43.0 Å². The van der Waals surface area contributed by atoms with Crippen LogP contribution < -0.4 is 0 Å². The van der Waals surface area contributed by atoms with Gasteiger partial charge in [0.1, 0.15) is 6.33 Å². The molecule has 1 aromatic heterocycles. The number of nitrogens with zero attached hydrogens (tertiary/aromatic N) is 3. The first kappa shape index (κ1) is 16.3. The third-order valence-electron chi connectivity index (χ3n) is 3.97. The lowest BCUT2D eigenvalue weighted by Crippen LogP contribution is -2.24. The van der Waals surface area contributed by atoms with E-state index in [1.165, 1.54) is 28.4 Å². The van der Waals surface area contributed by atoms with Crippen LogP contribution in [0.15, 0.2) is 35.7 Å². The van der Waals surface area contributed by atoms with Gasteiger partial charge in [-0.1, -0.05) is 24.3 Å². The molecule has 3 rings (SSSR count). The Bertz CT molecular complexity index is 689. The van der Waals surface area contributed by atoms with E-state index >= 15 is 0 Å². The number of hydrogen-bond donors (Lipinski definition) is 1. The molecule has 0 unspecified atom stereocenters. The summed E-state index contributed by atoms with van der Waals surface area (Å²) < 4.78 is 18.7. The lowest BCUT2D eigenvalue weighted by Gasteiger charge is -2.26. The summed E-state index contributed by atoms with van der Waals surface area (Å²) in [6.07, 6.45) is 5.55. The minimum absolute atomic E-state index is 0.0454. The van der Waals surface area contributed by atoms with Crippen LogP contribution in [0.3, 0.4) is 0 Å². The number of fused-ring (bicyclic) bond motifs is 1. The van der Waals surface area contributed by atoms with Crippen LogP contribution in [0, 0.1) is 0 Å². The highest BCUT2D eigenvalue weighted by molar-refractivity contribution is 7.84. The Kier molecular flexibility index (Phi) is 5.20. The van der Waals surface area contributed by atoms with Crippen molar-refractivity contribution in [2.24, 2.45) is 0 Å². The van der Waals surface area contributed by atoms with Crippen LogP contribution in [-0.2, 0) is 28.5 Å². The minimum Gasteiger partial charge on any atom is -0.389 e. The Hall–Kier alpha value is -1.57. The molecule has 0 amide bonds. The van der Waals surface area contributed by atoms with Crippen molar-refractivity contribution >= 4 is 10.8 Å². The predicted molar refractivity (Wildman–Crippen MR) is 86.4 cm³/mol. The van der Waals surface area contributed by atoms with E-state index < -0.39 is 16.9 Å². The molecule has 1 aliphatic rings. The molecule has 0 aliphatic heterocycles. The fraction of sp³-hybridized carbons (Fsp3) is 0.500. The van der Waals surface area contributed by atoms with E-state index in [1.807, 2.05) is 6.07 Å². The van der Waals surface area contributed by atoms with Gasteiger partial charge in [0.05, 0.1) is 36.2 Å². The molecular formula is C16H21N3O3S. The molecule has 0 radical (unpaired) electrons. The number of hydrogen-bond acceptors (Lipinski definition) is 5. The average molecular weight is 335 g/mol. The van der Waals surface area contributed by atoms with Gasteiger partial charge in [-0.2, -0.15) is 0 Å². The molecule has 23 heavy (non-hydrogen) atoms. The summed E-state index contributed by atoms with van der Waals surface area (Å²) in [4.78, 5) is 3.95. The lowest BCUT2D eigenvalue weighted by atomic mass is 9.89. The normalized spacial score (nSPS) is 20.0. The van der Waals surface area contributed by atoms with Crippen molar-refractivity contribution in [2.75, 3.05) is 12.9 Å². The second-order valence-electron chi connectivity index (χ2n) is 5.77. The molecule has 1 N–H and O–H groups in total. The number of aliphatic hydroxyl groups is 1. The van der Waals surface area contributed by atoms with Crippen LogP contribution in [0.2, 0.25) is 0 Å². The molecule has 0 fully saturated rings. The summed E-state index contributed by atoms with van der Waals surface area (Å²) in [5, 5.41) is 14.5. The van der Waals surface area contributed by atoms with Crippen LogP contribution >= 0.6 is 0 Å². The first-order valence-corrected chi connectivity index (χ1v) is 9.29. The fourth-order valence-electron chi connectivity index (χ4n) is 2.88. The Labute approximate surface area is 138 Å². The minimum atomic E-state index is -1.21. The van der Waals surface area contributed by atoms with Crippen molar-refractivity contribution in [3.8, 4) is 0 Å². The smallest absolute Gasteiger partial charge is 0.238 e. The maximum absolute atomic E-state index is 11.3. The van der Waals surface area contributed by atoms with Crippen LogP contribution in [0.5, 0.6) is 0 Å². The maximum atomic E-state index is 11.3. The van der Waals surface area contributed by atoms with Gasteiger partial charge in [0.25, 0.3) is 0 Å².